The fourth-order valence-corrected chi connectivity index (χ4v) is 3.83. The number of urea groups is 1. The second-order valence-electron chi connectivity index (χ2n) is 8.23. The zero-order chi connectivity index (χ0) is 25.9. The predicted octanol–water partition coefficient (Wildman–Crippen LogP) is 4.52. The van der Waals surface area contributed by atoms with E-state index >= 15 is 0 Å². The number of alkyl halides is 2. The molecule has 0 radical (unpaired) electrons. The number of hydrogen-bond donors (Lipinski definition) is 2. The van der Waals surface area contributed by atoms with E-state index in [4.69, 9.17) is 4.74 Å². The first-order valence-electron chi connectivity index (χ1n) is 10.9. The van der Waals surface area contributed by atoms with E-state index in [1.807, 2.05) is 0 Å². The van der Waals surface area contributed by atoms with Crippen LogP contribution in [0.1, 0.15) is 28.4 Å². The van der Waals surface area contributed by atoms with Gasteiger partial charge in [-0.1, -0.05) is 24.3 Å². The number of rotatable bonds is 8. The third-order valence-electron chi connectivity index (χ3n) is 5.84. The molecule has 3 aromatic carbocycles. The molecule has 0 aliphatic carbocycles. The zero-order valence-electron chi connectivity index (χ0n) is 19.5. The maximum atomic E-state index is 13.1. The number of amides is 4. The molecule has 1 unspecified atom stereocenters. The van der Waals surface area contributed by atoms with E-state index in [1.54, 1.807) is 62.6 Å². The molecule has 0 aromatic heterocycles. The maximum Gasteiger partial charge on any atom is 0.387 e. The minimum Gasteiger partial charge on any atom is -0.497 e. The van der Waals surface area contributed by atoms with Gasteiger partial charge in [0.2, 0.25) is 0 Å². The van der Waals surface area contributed by atoms with Crippen LogP contribution in [0.25, 0.3) is 0 Å². The van der Waals surface area contributed by atoms with Crippen LogP contribution in [0.15, 0.2) is 72.8 Å². The summed E-state index contributed by atoms with van der Waals surface area (Å²) in [5.41, 5.74) is 0.721. The molecule has 0 spiro atoms. The Bertz CT molecular complexity index is 1260. The van der Waals surface area contributed by atoms with Crippen molar-refractivity contribution in [3.63, 3.8) is 0 Å². The lowest BCUT2D eigenvalue weighted by molar-refractivity contribution is -0.131. The first-order chi connectivity index (χ1) is 17.2. The van der Waals surface area contributed by atoms with Gasteiger partial charge < -0.3 is 20.1 Å². The molecule has 1 aliphatic rings. The third kappa shape index (κ3) is 5.12. The molecule has 4 amide bonds. The molecule has 1 aliphatic heterocycles. The Morgan fingerprint density at radius 3 is 2.17 bits per heavy atom. The summed E-state index contributed by atoms with van der Waals surface area (Å²) in [6.07, 6.45) is 0. The average molecular weight is 495 g/mol. The Morgan fingerprint density at radius 1 is 0.972 bits per heavy atom. The largest absolute Gasteiger partial charge is 0.497 e. The van der Waals surface area contributed by atoms with Crippen LogP contribution >= 0.6 is 0 Å². The number of nitrogens with zero attached hydrogens (tertiary/aromatic N) is 1. The number of nitrogens with one attached hydrogen (secondary N) is 2. The molecular formula is C26H23F2N3O5. The molecule has 1 heterocycles. The van der Waals surface area contributed by atoms with Gasteiger partial charge in [-0.25, -0.2) is 4.79 Å². The number of carbonyl (C=O) groups excluding carboxylic acids is 3. The number of carbonyl (C=O) groups is 3. The van der Waals surface area contributed by atoms with Crippen LogP contribution in [0, 0.1) is 0 Å². The normalized spacial score (nSPS) is 17.2. The monoisotopic (exact) mass is 495 g/mol. The Balaban J connectivity index is 1.42. The second-order valence-corrected chi connectivity index (χ2v) is 8.23. The van der Waals surface area contributed by atoms with E-state index in [1.165, 1.54) is 24.3 Å². The van der Waals surface area contributed by atoms with Gasteiger partial charge >= 0.3 is 12.6 Å². The molecule has 2 N–H and O–H groups in total. The average Bonchev–Trinajstić information content (AvgIpc) is 3.08. The van der Waals surface area contributed by atoms with E-state index < -0.39 is 24.1 Å². The van der Waals surface area contributed by atoms with Crippen LogP contribution in [0.2, 0.25) is 0 Å². The van der Waals surface area contributed by atoms with Gasteiger partial charge in [0.1, 0.15) is 17.0 Å². The predicted molar refractivity (Wildman–Crippen MR) is 127 cm³/mol. The van der Waals surface area contributed by atoms with E-state index in [0.29, 0.717) is 28.1 Å². The van der Waals surface area contributed by atoms with Crippen LogP contribution in [-0.4, -0.2) is 36.5 Å². The number of anilines is 1. The fraction of sp³-hybridized carbons (Fsp3) is 0.192. The fourth-order valence-electron chi connectivity index (χ4n) is 3.83. The number of ether oxygens (including phenoxy) is 2. The van der Waals surface area contributed by atoms with Crippen LogP contribution in [0.4, 0.5) is 19.3 Å². The maximum absolute atomic E-state index is 13.1. The van der Waals surface area contributed by atoms with Gasteiger partial charge in [0, 0.05) is 11.3 Å². The number of imide groups is 1. The van der Waals surface area contributed by atoms with Gasteiger partial charge in [0.15, 0.2) is 0 Å². The van der Waals surface area contributed by atoms with Crippen molar-refractivity contribution >= 4 is 23.5 Å². The van der Waals surface area contributed by atoms with Crippen molar-refractivity contribution in [2.75, 3.05) is 12.4 Å². The van der Waals surface area contributed by atoms with Gasteiger partial charge in [-0.3, -0.25) is 14.5 Å². The zero-order valence-corrected chi connectivity index (χ0v) is 19.5. The molecule has 4 rings (SSSR count). The lowest BCUT2D eigenvalue weighted by atomic mass is 9.92. The number of benzene rings is 3. The highest BCUT2D eigenvalue weighted by Crippen LogP contribution is 2.31. The van der Waals surface area contributed by atoms with Crippen molar-refractivity contribution in [1.29, 1.82) is 0 Å². The second kappa shape index (κ2) is 10.0. The highest BCUT2D eigenvalue weighted by Gasteiger charge is 2.48. The summed E-state index contributed by atoms with van der Waals surface area (Å²) in [7, 11) is 1.56. The minimum absolute atomic E-state index is 0.00673. The lowest BCUT2D eigenvalue weighted by Crippen LogP contribution is -2.40. The quantitative estimate of drug-likeness (QED) is 0.448. The molecule has 1 atom stereocenters. The first kappa shape index (κ1) is 24.6. The molecule has 8 nitrogen and oxygen atoms in total. The molecule has 0 bridgehead atoms. The molecule has 1 saturated heterocycles. The van der Waals surface area contributed by atoms with Crippen molar-refractivity contribution in [3.05, 3.63) is 89.5 Å². The SMILES string of the molecule is COc1ccc(NC(=O)c2ccc(CN3C(=O)NC(C)(c4ccc(OC(F)F)cc4)C3=O)cc2)cc1. The Kier molecular flexibility index (Phi) is 6.86. The molecule has 10 heteroatoms. The third-order valence-corrected chi connectivity index (χ3v) is 5.84. The number of hydrogen-bond acceptors (Lipinski definition) is 5. The van der Waals surface area contributed by atoms with Gasteiger partial charge in [-0.05, 0) is 66.6 Å². The van der Waals surface area contributed by atoms with Crippen molar-refractivity contribution in [2.45, 2.75) is 25.6 Å². The van der Waals surface area contributed by atoms with Crippen LogP contribution in [-0.2, 0) is 16.9 Å². The lowest BCUT2D eigenvalue weighted by Gasteiger charge is -2.22. The molecule has 3 aromatic rings. The topological polar surface area (TPSA) is 97.0 Å². The van der Waals surface area contributed by atoms with Crippen molar-refractivity contribution < 1.29 is 32.6 Å². The molecular weight excluding hydrogens is 472 g/mol. The summed E-state index contributed by atoms with van der Waals surface area (Å²) in [4.78, 5) is 39.4. The van der Waals surface area contributed by atoms with E-state index in [9.17, 15) is 23.2 Å². The van der Waals surface area contributed by atoms with E-state index in [0.717, 1.165) is 4.90 Å². The number of methoxy groups -OCH3 is 1. The van der Waals surface area contributed by atoms with Crippen LogP contribution in [0.3, 0.4) is 0 Å². The molecule has 186 valence electrons. The standard InChI is InChI=1S/C26H23F2N3O5/c1-26(18-7-11-21(12-8-18)36-24(27)28)23(33)31(25(34)30-26)15-16-3-5-17(6-4-16)22(32)29-19-9-13-20(35-2)14-10-19/h3-14,24H,15H2,1-2H3,(H,29,32)(H,30,34). The van der Waals surface area contributed by atoms with Gasteiger partial charge in [-0.15, -0.1) is 0 Å². The number of halogens is 2. The highest BCUT2D eigenvalue weighted by molar-refractivity contribution is 6.07. The smallest absolute Gasteiger partial charge is 0.387 e. The van der Waals surface area contributed by atoms with Crippen molar-refractivity contribution in [2.24, 2.45) is 0 Å². The Morgan fingerprint density at radius 2 is 1.58 bits per heavy atom. The summed E-state index contributed by atoms with van der Waals surface area (Å²) < 4.78 is 34.2. The summed E-state index contributed by atoms with van der Waals surface area (Å²) >= 11 is 0. The van der Waals surface area contributed by atoms with Crippen molar-refractivity contribution in [3.8, 4) is 11.5 Å². The Labute approximate surface area is 205 Å². The van der Waals surface area contributed by atoms with Crippen LogP contribution in [0.5, 0.6) is 11.5 Å². The van der Waals surface area contributed by atoms with Gasteiger partial charge in [-0.2, -0.15) is 8.78 Å². The summed E-state index contributed by atoms with van der Waals surface area (Å²) in [6.45, 7) is -1.43. The molecule has 36 heavy (non-hydrogen) atoms. The summed E-state index contributed by atoms with van der Waals surface area (Å²) in [5, 5.41) is 5.45. The van der Waals surface area contributed by atoms with E-state index in [-0.39, 0.29) is 18.2 Å². The summed E-state index contributed by atoms with van der Waals surface area (Å²) in [5.74, 6) is -0.182. The van der Waals surface area contributed by atoms with Crippen molar-refractivity contribution in [1.82, 2.24) is 10.2 Å². The summed E-state index contributed by atoms with van der Waals surface area (Å²) in [6, 6.07) is 18.4. The molecule has 1 fully saturated rings. The van der Waals surface area contributed by atoms with Crippen LogP contribution < -0.4 is 20.1 Å². The molecule has 0 saturated carbocycles. The minimum atomic E-state index is -2.96. The van der Waals surface area contributed by atoms with Gasteiger partial charge in [0.25, 0.3) is 11.8 Å². The first-order valence-corrected chi connectivity index (χ1v) is 10.9. The highest BCUT2D eigenvalue weighted by atomic mass is 19.3. The van der Waals surface area contributed by atoms with Gasteiger partial charge in [0.05, 0.1) is 13.7 Å². The Hall–Kier alpha value is -4.47. The van der Waals surface area contributed by atoms with E-state index in [2.05, 4.69) is 15.4 Å².